The number of likely N-dealkylation sites (tertiary alicyclic amines) is 1. The number of nitrogens with two attached hydrogens (primary N) is 1. The van der Waals surface area contributed by atoms with Crippen molar-refractivity contribution in [2.24, 2.45) is 11.8 Å². The number of nitrogens with zero attached hydrogens (tertiary/aromatic N) is 4. The molecule has 3 aliphatic rings. The maximum absolute atomic E-state index is 13.6. The van der Waals surface area contributed by atoms with E-state index in [1.807, 2.05) is 29.5 Å². The van der Waals surface area contributed by atoms with E-state index >= 15 is 0 Å². The summed E-state index contributed by atoms with van der Waals surface area (Å²) in [5, 5.41) is 4.72. The summed E-state index contributed by atoms with van der Waals surface area (Å²) in [5.74, 6) is 1.01. The highest BCUT2D eigenvalue weighted by Gasteiger charge is 2.59. The van der Waals surface area contributed by atoms with E-state index in [9.17, 15) is 17.6 Å². The summed E-state index contributed by atoms with van der Waals surface area (Å²) < 4.78 is 59.0. The van der Waals surface area contributed by atoms with Gasteiger partial charge in [-0.15, -0.1) is 0 Å². The quantitative estimate of drug-likeness (QED) is 0.665. The van der Waals surface area contributed by atoms with Crippen LogP contribution < -0.4 is 10.5 Å². The average Bonchev–Trinajstić information content (AvgIpc) is 3.13. The van der Waals surface area contributed by atoms with Crippen molar-refractivity contribution in [1.82, 2.24) is 19.7 Å². The summed E-state index contributed by atoms with van der Waals surface area (Å²) in [5.41, 5.74) is 7.94. The van der Waals surface area contributed by atoms with Gasteiger partial charge >= 0.3 is 6.61 Å². The molecule has 2 N–H and O–H groups in total. The van der Waals surface area contributed by atoms with E-state index in [2.05, 4.69) is 9.72 Å². The lowest BCUT2D eigenvalue weighted by Crippen LogP contribution is -2.33. The number of ether oxygens (including phenoxy) is 1. The second-order valence-electron chi connectivity index (χ2n) is 9.44. The molecule has 3 heterocycles. The van der Waals surface area contributed by atoms with E-state index in [0.29, 0.717) is 29.0 Å². The van der Waals surface area contributed by atoms with Crippen molar-refractivity contribution in [1.29, 1.82) is 0 Å². The molecule has 0 bridgehead atoms. The van der Waals surface area contributed by atoms with Crippen LogP contribution in [0.3, 0.4) is 0 Å². The summed E-state index contributed by atoms with van der Waals surface area (Å²) in [4.78, 5) is 5.95. The minimum atomic E-state index is -2.99. The van der Waals surface area contributed by atoms with Crippen LogP contribution in [0.1, 0.15) is 44.3 Å². The normalized spacial score (nSPS) is 32.1. The van der Waals surface area contributed by atoms with Gasteiger partial charge in [0.05, 0.1) is 5.69 Å². The molecule has 32 heavy (non-hydrogen) atoms. The van der Waals surface area contributed by atoms with Gasteiger partial charge in [0.25, 0.3) is 0 Å². The van der Waals surface area contributed by atoms with Crippen LogP contribution in [0.4, 0.5) is 23.4 Å². The van der Waals surface area contributed by atoms with Crippen molar-refractivity contribution in [2.75, 3.05) is 18.8 Å². The highest BCUT2D eigenvalue weighted by molar-refractivity contribution is 5.64. The molecule has 6 nitrogen and oxygen atoms in total. The van der Waals surface area contributed by atoms with Gasteiger partial charge in [-0.25, -0.2) is 13.8 Å². The molecule has 2 aliphatic carbocycles. The number of rotatable bonds is 6. The zero-order valence-electron chi connectivity index (χ0n) is 18.0. The first kappa shape index (κ1) is 21.5. The van der Waals surface area contributed by atoms with Crippen molar-refractivity contribution in [3.05, 3.63) is 24.0 Å². The Kier molecular flexibility index (Phi) is 5.30. The van der Waals surface area contributed by atoms with Crippen LogP contribution in [-0.4, -0.2) is 57.8 Å². The number of aromatic nitrogens is 3. The molecular formula is C22H27F4N5O. The summed E-state index contributed by atoms with van der Waals surface area (Å²) >= 11 is 0. The molecule has 174 valence electrons. The van der Waals surface area contributed by atoms with Gasteiger partial charge in [0, 0.05) is 48.5 Å². The van der Waals surface area contributed by atoms with E-state index < -0.39 is 19.0 Å². The van der Waals surface area contributed by atoms with Gasteiger partial charge in [-0.2, -0.15) is 13.9 Å². The molecular weight excluding hydrogens is 426 g/mol. The summed E-state index contributed by atoms with van der Waals surface area (Å²) in [6, 6.07) is 3.78. The number of nitrogen functional groups attached to an aromatic ring is 1. The van der Waals surface area contributed by atoms with Crippen molar-refractivity contribution < 1.29 is 22.3 Å². The Hall–Kier alpha value is -2.36. The van der Waals surface area contributed by atoms with Crippen LogP contribution >= 0.6 is 0 Å². The third kappa shape index (κ3) is 3.72. The third-order valence-electron chi connectivity index (χ3n) is 7.14. The van der Waals surface area contributed by atoms with Crippen LogP contribution in [-0.2, 0) is 0 Å². The molecule has 6 atom stereocenters. The molecule has 5 rings (SSSR count). The number of pyridine rings is 1. The lowest BCUT2D eigenvalue weighted by molar-refractivity contribution is -0.0494. The molecule has 10 heteroatoms. The average molecular weight is 453 g/mol. The number of hydrogen-bond acceptors (Lipinski definition) is 5. The molecule has 2 saturated carbocycles. The maximum Gasteiger partial charge on any atom is 0.387 e. The molecule has 2 aromatic rings. The predicted octanol–water partition coefficient (Wildman–Crippen LogP) is 4.19. The number of hydrogen-bond donors (Lipinski definition) is 1. The van der Waals surface area contributed by atoms with Crippen molar-refractivity contribution >= 4 is 5.82 Å². The lowest BCUT2D eigenvalue weighted by atomic mass is 10.0. The third-order valence-corrected chi connectivity index (χ3v) is 7.14. The first-order valence-electron chi connectivity index (χ1n) is 11.0. The predicted molar refractivity (Wildman–Crippen MR) is 111 cm³/mol. The van der Waals surface area contributed by atoms with Crippen LogP contribution in [0.25, 0.3) is 11.3 Å². The summed E-state index contributed by atoms with van der Waals surface area (Å²) in [7, 11) is 0. The number of anilines is 1. The highest BCUT2D eigenvalue weighted by Crippen LogP contribution is 2.64. The van der Waals surface area contributed by atoms with Crippen molar-refractivity contribution in [3.8, 4) is 17.0 Å². The van der Waals surface area contributed by atoms with Gasteiger partial charge < -0.3 is 10.5 Å². The Balaban J connectivity index is 1.35. The van der Waals surface area contributed by atoms with Crippen LogP contribution in [0.15, 0.2) is 18.3 Å². The smallest absolute Gasteiger partial charge is 0.387 e. The minimum absolute atomic E-state index is 0.103. The van der Waals surface area contributed by atoms with Gasteiger partial charge in [-0.05, 0) is 50.7 Å². The number of alkyl halides is 4. The van der Waals surface area contributed by atoms with E-state index in [4.69, 9.17) is 10.8 Å². The van der Waals surface area contributed by atoms with E-state index in [1.54, 1.807) is 0 Å². The zero-order valence-corrected chi connectivity index (χ0v) is 18.0. The fourth-order valence-corrected chi connectivity index (χ4v) is 5.60. The zero-order chi connectivity index (χ0) is 22.7. The Morgan fingerprint density at radius 1 is 1.09 bits per heavy atom. The molecule has 1 aliphatic heterocycles. The Bertz CT molecular complexity index is 977. The Labute approximate surface area is 183 Å². The SMILES string of the molecule is CC(C)n1nc(-c2cnc(N)c(OC(F)F)c2)cc1[C@H]1[C@@H]2CC(N3C[C@@H](F)[C@@H](F)C3)C[C@@H]21. The van der Waals surface area contributed by atoms with Crippen molar-refractivity contribution in [3.63, 3.8) is 0 Å². The maximum atomic E-state index is 13.6. The van der Waals surface area contributed by atoms with E-state index in [-0.39, 0.29) is 36.7 Å². The molecule has 1 saturated heterocycles. The van der Waals surface area contributed by atoms with Gasteiger partial charge in [0.2, 0.25) is 0 Å². The van der Waals surface area contributed by atoms with E-state index in [0.717, 1.165) is 18.5 Å². The first-order chi connectivity index (χ1) is 15.2. The second kappa shape index (κ2) is 7.90. The fraction of sp³-hybridized carbons (Fsp3) is 0.636. The van der Waals surface area contributed by atoms with Crippen molar-refractivity contribution in [2.45, 2.75) is 63.6 Å². The first-order valence-corrected chi connectivity index (χ1v) is 11.0. The van der Waals surface area contributed by atoms with Gasteiger partial charge in [0.15, 0.2) is 11.6 Å². The van der Waals surface area contributed by atoms with Crippen LogP contribution in [0, 0.1) is 11.8 Å². The molecule has 1 unspecified atom stereocenters. The second-order valence-corrected chi connectivity index (χ2v) is 9.44. The van der Waals surface area contributed by atoms with Gasteiger partial charge in [0.1, 0.15) is 12.3 Å². The molecule has 0 spiro atoms. The molecule has 2 aromatic heterocycles. The molecule has 0 radical (unpaired) electrons. The molecule has 0 aromatic carbocycles. The van der Waals surface area contributed by atoms with Gasteiger partial charge in [-0.3, -0.25) is 9.58 Å². The number of halogens is 4. The molecule has 0 amide bonds. The summed E-state index contributed by atoms with van der Waals surface area (Å²) in [6.07, 6.45) is 0.620. The lowest BCUT2D eigenvalue weighted by Gasteiger charge is -2.25. The van der Waals surface area contributed by atoms with Gasteiger partial charge in [-0.1, -0.05) is 0 Å². The monoisotopic (exact) mass is 453 g/mol. The Morgan fingerprint density at radius 3 is 2.34 bits per heavy atom. The van der Waals surface area contributed by atoms with Crippen LogP contribution in [0.2, 0.25) is 0 Å². The topological polar surface area (TPSA) is 69.2 Å². The molecule has 3 fully saturated rings. The fourth-order valence-electron chi connectivity index (χ4n) is 5.60. The van der Waals surface area contributed by atoms with Crippen LogP contribution in [0.5, 0.6) is 5.75 Å². The highest BCUT2D eigenvalue weighted by atomic mass is 19.3. The number of fused-ring (bicyclic) bond motifs is 1. The standard InChI is InChI=1S/C22H27F4N5O/c1-10(2)31-18(6-17(29-31)11-3-19(32-22(25)26)21(27)28-7-11)20-13-4-12(5-14(13)20)30-8-15(23)16(24)9-30/h3,6-7,10,12-16,20,22H,4-5,8-9H2,1-2H3,(H2,27,28)/t12?,13-,14+,15-,16+,20+. The summed E-state index contributed by atoms with van der Waals surface area (Å²) in [6.45, 7) is 1.48. The Morgan fingerprint density at radius 2 is 1.75 bits per heavy atom. The van der Waals surface area contributed by atoms with E-state index in [1.165, 1.54) is 12.3 Å². The minimum Gasteiger partial charge on any atom is -0.431 e. The largest absolute Gasteiger partial charge is 0.431 e.